The molecule has 1 N–H and O–H groups in total. The number of aliphatic hydroxyl groups excluding tert-OH is 1. The molecule has 1 aromatic heterocycles. The predicted octanol–water partition coefficient (Wildman–Crippen LogP) is 2.10. The smallest absolute Gasteiger partial charge is 0.148 e. The third kappa shape index (κ3) is 2.47. The summed E-state index contributed by atoms with van der Waals surface area (Å²) in [7, 11) is 0. The number of piperidine rings is 1. The summed E-state index contributed by atoms with van der Waals surface area (Å²) in [5.74, 6) is 1.15. The summed E-state index contributed by atoms with van der Waals surface area (Å²) < 4.78 is 0.732. The maximum absolute atomic E-state index is 9.18. The lowest BCUT2D eigenvalue weighted by Gasteiger charge is -2.33. The lowest BCUT2D eigenvalue weighted by Crippen LogP contribution is -2.37. The molecule has 88 valence electrons. The van der Waals surface area contributed by atoms with Crippen molar-refractivity contribution in [1.29, 1.82) is 0 Å². The molecule has 6 heteroatoms. The van der Waals surface area contributed by atoms with E-state index in [2.05, 4.69) is 30.8 Å². The Kier molecular flexibility index (Phi) is 4.00. The maximum atomic E-state index is 9.18. The van der Waals surface area contributed by atoms with Crippen molar-refractivity contribution in [3.63, 3.8) is 0 Å². The maximum Gasteiger partial charge on any atom is 0.148 e. The fourth-order valence-corrected chi connectivity index (χ4v) is 2.55. The van der Waals surface area contributed by atoms with Gasteiger partial charge in [0.15, 0.2) is 0 Å². The van der Waals surface area contributed by atoms with E-state index in [4.69, 9.17) is 11.6 Å². The van der Waals surface area contributed by atoms with Crippen LogP contribution in [0.3, 0.4) is 0 Å². The monoisotopic (exact) mass is 305 g/mol. The van der Waals surface area contributed by atoms with Crippen LogP contribution < -0.4 is 4.90 Å². The van der Waals surface area contributed by atoms with Gasteiger partial charge in [0.25, 0.3) is 0 Å². The highest BCUT2D eigenvalue weighted by atomic mass is 79.9. The van der Waals surface area contributed by atoms with Crippen LogP contribution in [0.25, 0.3) is 0 Å². The molecule has 2 heterocycles. The van der Waals surface area contributed by atoms with Crippen LogP contribution in [0.4, 0.5) is 5.82 Å². The van der Waals surface area contributed by atoms with Gasteiger partial charge >= 0.3 is 0 Å². The van der Waals surface area contributed by atoms with Crippen LogP contribution >= 0.6 is 27.5 Å². The normalized spacial score (nSPS) is 21.2. The van der Waals surface area contributed by atoms with Crippen LogP contribution in [0.1, 0.15) is 12.8 Å². The standard InChI is InChI=1S/C10H13BrClN3O/c11-8-9(12)13-6-14-10(8)15-3-1-2-7(4-15)5-16/h6-7,16H,1-5H2. The second-order valence-corrected chi connectivity index (χ2v) is 5.09. The molecule has 0 spiro atoms. The first-order valence-corrected chi connectivity index (χ1v) is 6.41. The molecule has 0 aromatic carbocycles. The third-order valence-electron chi connectivity index (χ3n) is 2.81. The van der Waals surface area contributed by atoms with Crippen LogP contribution in [0.5, 0.6) is 0 Å². The molecule has 0 bridgehead atoms. The third-order valence-corrected chi connectivity index (χ3v) is 4.05. The Hall–Kier alpha value is -0.390. The van der Waals surface area contributed by atoms with E-state index in [0.29, 0.717) is 11.1 Å². The van der Waals surface area contributed by atoms with Crippen molar-refractivity contribution in [3.8, 4) is 0 Å². The van der Waals surface area contributed by atoms with Crippen molar-refractivity contribution < 1.29 is 5.11 Å². The van der Waals surface area contributed by atoms with Crippen LogP contribution in [0.2, 0.25) is 5.15 Å². The fraction of sp³-hybridized carbons (Fsp3) is 0.600. The number of aliphatic hydroxyl groups is 1. The Morgan fingerprint density at radius 2 is 2.38 bits per heavy atom. The van der Waals surface area contributed by atoms with Gasteiger partial charge in [0.1, 0.15) is 17.3 Å². The first-order chi connectivity index (χ1) is 7.72. The van der Waals surface area contributed by atoms with Crippen molar-refractivity contribution in [2.45, 2.75) is 12.8 Å². The Labute approximate surface area is 108 Å². The molecule has 4 nitrogen and oxygen atoms in total. The summed E-state index contributed by atoms with van der Waals surface area (Å²) in [4.78, 5) is 10.3. The second-order valence-electron chi connectivity index (χ2n) is 3.94. The largest absolute Gasteiger partial charge is 0.396 e. The minimum absolute atomic E-state index is 0.229. The minimum Gasteiger partial charge on any atom is -0.396 e. The van der Waals surface area contributed by atoms with Crippen LogP contribution in [-0.2, 0) is 0 Å². The van der Waals surface area contributed by atoms with Crippen molar-refractivity contribution in [2.24, 2.45) is 5.92 Å². The molecule has 16 heavy (non-hydrogen) atoms. The molecule has 2 rings (SSSR count). The molecule has 1 saturated heterocycles. The Balaban J connectivity index is 2.20. The zero-order chi connectivity index (χ0) is 11.5. The minimum atomic E-state index is 0.229. The van der Waals surface area contributed by atoms with E-state index >= 15 is 0 Å². The number of aromatic nitrogens is 2. The molecule has 0 aliphatic carbocycles. The van der Waals surface area contributed by atoms with Gasteiger partial charge < -0.3 is 10.0 Å². The molecular weight excluding hydrogens is 293 g/mol. The summed E-state index contributed by atoms with van der Waals surface area (Å²) in [5.41, 5.74) is 0. The molecule has 1 aliphatic rings. The highest BCUT2D eigenvalue weighted by Gasteiger charge is 2.22. The topological polar surface area (TPSA) is 49.2 Å². The highest BCUT2D eigenvalue weighted by Crippen LogP contribution is 2.31. The van der Waals surface area contributed by atoms with E-state index in [-0.39, 0.29) is 6.61 Å². The van der Waals surface area contributed by atoms with Gasteiger partial charge in [0.2, 0.25) is 0 Å². The van der Waals surface area contributed by atoms with Gasteiger partial charge in [-0.2, -0.15) is 0 Å². The molecule has 0 saturated carbocycles. The molecular formula is C10H13BrClN3O. The van der Waals surface area contributed by atoms with Crippen molar-refractivity contribution in [2.75, 3.05) is 24.6 Å². The van der Waals surface area contributed by atoms with Crippen molar-refractivity contribution in [1.82, 2.24) is 9.97 Å². The SMILES string of the molecule is OCC1CCCN(c2ncnc(Cl)c2Br)C1. The zero-order valence-corrected chi connectivity index (χ0v) is 11.1. The average molecular weight is 307 g/mol. The van der Waals surface area contributed by atoms with Crippen LogP contribution in [0, 0.1) is 5.92 Å². The van der Waals surface area contributed by atoms with Gasteiger partial charge in [-0.15, -0.1) is 0 Å². The van der Waals surface area contributed by atoms with E-state index in [1.165, 1.54) is 6.33 Å². The molecule has 1 fully saturated rings. The number of hydrogen-bond donors (Lipinski definition) is 1. The molecule has 1 unspecified atom stereocenters. The van der Waals surface area contributed by atoms with Crippen LogP contribution in [-0.4, -0.2) is 34.8 Å². The van der Waals surface area contributed by atoms with Crippen LogP contribution in [0.15, 0.2) is 10.8 Å². The number of nitrogens with zero attached hydrogens (tertiary/aromatic N) is 3. The van der Waals surface area contributed by atoms with Gasteiger partial charge in [0, 0.05) is 19.7 Å². The quantitative estimate of drug-likeness (QED) is 0.850. The average Bonchev–Trinajstić information content (AvgIpc) is 2.33. The first kappa shape index (κ1) is 12.1. The van der Waals surface area contributed by atoms with E-state index in [1.807, 2.05) is 0 Å². The number of rotatable bonds is 2. The Bertz CT molecular complexity index is 377. The van der Waals surface area contributed by atoms with Gasteiger partial charge in [-0.25, -0.2) is 9.97 Å². The molecule has 1 aliphatic heterocycles. The number of hydrogen-bond acceptors (Lipinski definition) is 4. The summed E-state index contributed by atoms with van der Waals surface area (Å²) >= 11 is 9.33. The van der Waals surface area contributed by atoms with E-state index in [1.54, 1.807) is 0 Å². The molecule has 1 aromatic rings. The predicted molar refractivity (Wildman–Crippen MR) is 66.8 cm³/mol. The van der Waals surface area contributed by atoms with E-state index < -0.39 is 0 Å². The summed E-state index contributed by atoms with van der Waals surface area (Å²) in [5, 5.41) is 9.61. The summed E-state index contributed by atoms with van der Waals surface area (Å²) in [6, 6.07) is 0. The van der Waals surface area contributed by atoms with Crippen molar-refractivity contribution >= 4 is 33.3 Å². The lowest BCUT2D eigenvalue weighted by molar-refractivity contribution is 0.208. The number of halogens is 2. The molecule has 0 radical (unpaired) electrons. The molecule has 1 atom stereocenters. The zero-order valence-electron chi connectivity index (χ0n) is 8.74. The summed E-state index contributed by atoms with van der Waals surface area (Å²) in [6.45, 7) is 2.00. The van der Waals surface area contributed by atoms with E-state index in [0.717, 1.165) is 36.2 Å². The van der Waals surface area contributed by atoms with Gasteiger partial charge in [-0.05, 0) is 34.7 Å². The second kappa shape index (κ2) is 5.29. The molecule has 0 amide bonds. The summed E-state index contributed by atoms with van der Waals surface area (Å²) in [6.07, 6.45) is 3.60. The fourth-order valence-electron chi connectivity index (χ4n) is 1.97. The van der Waals surface area contributed by atoms with Gasteiger partial charge in [-0.3, -0.25) is 0 Å². The van der Waals surface area contributed by atoms with Gasteiger partial charge in [-0.1, -0.05) is 11.6 Å². The van der Waals surface area contributed by atoms with Crippen molar-refractivity contribution in [3.05, 3.63) is 16.0 Å². The Morgan fingerprint density at radius 1 is 1.56 bits per heavy atom. The Morgan fingerprint density at radius 3 is 3.12 bits per heavy atom. The first-order valence-electron chi connectivity index (χ1n) is 5.24. The van der Waals surface area contributed by atoms with E-state index in [9.17, 15) is 5.11 Å². The highest BCUT2D eigenvalue weighted by molar-refractivity contribution is 9.10. The van der Waals surface area contributed by atoms with Gasteiger partial charge in [0.05, 0.1) is 4.47 Å². The lowest BCUT2D eigenvalue weighted by atomic mass is 9.99. The number of anilines is 1.